The highest BCUT2D eigenvalue weighted by Gasteiger charge is 2.44. The second-order valence-electron chi connectivity index (χ2n) is 9.80. The maximum absolute atomic E-state index is 13.2. The summed E-state index contributed by atoms with van der Waals surface area (Å²) < 4.78 is 65.7. The van der Waals surface area contributed by atoms with Gasteiger partial charge in [-0.3, -0.25) is 0 Å². The standard InChI is InChI=1S/C24H32N6O7S2/c1-25-38(32,33)20-4-2-3-19(9-20)36-15-18(31)12-26-17-11-24(37-14-17)5-7-30(8-6-24)39(34,35)21-10-22-23(27-13-21)29-16-28-22/h2-4,9-10,13,16-18,25-26,31H,5-8,11-12,14-15H2,1H3,(H,27,28,29)/t17?,18-/m0/s1. The van der Waals surface area contributed by atoms with Crippen molar-refractivity contribution in [1.29, 1.82) is 0 Å². The molecule has 1 aromatic carbocycles. The molecule has 0 radical (unpaired) electrons. The molecule has 0 bridgehead atoms. The number of aliphatic hydroxyl groups is 1. The summed E-state index contributed by atoms with van der Waals surface area (Å²) in [7, 11) is -5.94. The van der Waals surface area contributed by atoms with Crippen molar-refractivity contribution in [3.8, 4) is 5.75 Å². The van der Waals surface area contributed by atoms with Crippen LogP contribution in [0.25, 0.3) is 11.2 Å². The maximum Gasteiger partial charge on any atom is 0.244 e. The smallest absolute Gasteiger partial charge is 0.244 e. The van der Waals surface area contributed by atoms with E-state index in [4.69, 9.17) is 9.47 Å². The highest BCUT2D eigenvalue weighted by atomic mass is 32.2. The van der Waals surface area contributed by atoms with Crippen LogP contribution in [-0.4, -0.2) is 98.8 Å². The number of nitrogens with zero attached hydrogens (tertiary/aromatic N) is 3. The number of aromatic amines is 1. The summed E-state index contributed by atoms with van der Waals surface area (Å²) in [6.07, 6.45) is 3.85. The molecule has 1 unspecified atom stereocenters. The fraction of sp³-hybridized carbons (Fsp3) is 0.500. The molecule has 1 spiro atoms. The Hall–Kier alpha value is -2.66. The molecule has 3 aromatic rings. The van der Waals surface area contributed by atoms with Crippen LogP contribution in [0.3, 0.4) is 0 Å². The molecule has 2 saturated heterocycles. The van der Waals surface area contributed by atoms with E-state index in [0.29, 0.717) is 55.9 Å². The molecule has 2 aliphatic rings. The number of sulfonamides is 2. The highest BCUT2D eigenvalue weighted by molar-refractivity contribution is 7.89. The Morgan fingerprint density at radius 1 is 1.21 bits per heavy atom. The van der Waals surface area contributed by atoms with Crippen molar-refractivity contribution in [2.45, 2.75) is 46.8 Å². The van der Waals surface area contributed by atoms with E-state index >= 15 is 0 Å². The zero-order valence-electron chi connectivity index (χ0n) is 21.4. The monoisotopic (exact) mass is 580 g/mol. The summed E-state index contributed by atoms with van der Waals surface area (Å²) in [5.74, 6) is 0.343. The lowest BCUT2D eigenvalue weighted by atomic mass is 9.88. The van der Waals surface area contributed by atoms with E-state index in [1.807, 2.05) is 0 Å². The van der Waals surface area contributed by atoms with E-state index in [1.54, 1.807) is 18.2 Å². The number of hydrogen-bond donors (Lipinski definition) is 4. The van der Waals surface area contributed by atoms with E-state index in [1.165, 1.54) is 36.0 Å². The number of nitrogens with one attached hydrogen (secondary N) is 3. The number of piperidine rings is 1. The molecular weight excluding hydrogens is 548 g/mol. The molecule has 212 valence electrons. The van der Waals surface area contributed by atoms with Crippen LogP contribution in [0.2, 0.25) is 0 Å². The van der Waals surface area contributed by atoms with Gasteiger partial charge in [-0.1, -0.05) is 6.07 Å². The van der Waals surface area contributed by atoms with E-state index in [-0.39, 0.29) is 29.0 Å². The van der Waals surface area contributed by atoms with Crippen molar-refractivity contribution in [3.05, 3.63) is 42.9 Å². The van der Waals surface area contributed by atoms with Gasteiger partial charge in [-0.2, -0.15) is 4.31 Å². The van der Waals surface area contributed by atoms with Crippen molar-refractivity contribution >= 4 is 31.2 Å². The minimum atomic E-state index is -3.69. The SMILES string of the molecule is CNS(=O)(=O)c1cccc(OC[C@@H](O)CNC2COC3(CCN(S(=O)(=O)c4cnc5nc[nH]c5c4)CC3)C2)c1. The average molecular weight is 581 g/mol. The number of rotatable bonds is 10. The number of aromatic nitrogens is 3. The molecule has 13 nitrogen and oxygen atoms in total. The summed E-state index contributed by atoms with van der Waals surface area (Å²) in [5, 5.41) is 13.7. The van der Waals surface area contributed by atoms with Gasteiger partial charge in [0.25, 0.3) is 0 Å². The molecule has 0 amide bonds. The van der Waals surface area contributed by atoms with Crippen LogP contribution in [-0.2, 0) is 24.8 Å². The number of imidazole rings is 1. The minimum Gasteiger partial charge on any atom is -0.491 e. The first-order valence-corrected chi connectivity index (χ1v) is 15.5. The number of fused-ring (bicyclic) bond motifs is 1. The van der Waals surface area contributed by atoms with Crippen molar-refractivity contribution in [1.82, 2.24) is 29.3 Å². The minimum absolute atomic E-state index is 0.0129. The van der Waals surface area contributed by atoms with Gasteiger partial charge in [-0.05, 0) is 44.5 Å². The number of hydrogen-bond acceptors (Lipinski definition) is 10. The average Bonchev–Trinajstić information content (AvgIpc) is 3.58. The highest BCUT2D eigenvalue weighted by Crippen LogP contribution is 2.37. The molecule has 39 heavy (non-hydrogen) atoms. The van der Waals surface area contributed by atoms with Crippen molar-refractivity contribution in [2.75, 3.05) is 39.9 Å². The molecule has 2 atom stereocenters. The first-order valence-electron chi connectivity index (χ1n) is 12.6. The first-order chi connectivity index (χ1) is 18.6. The first kappa shape index (κ1) is 27.9. The Morgan fingerprint density at radius 3 is 2.77 bits per heavy atom. The van der Waals surface area contributed by atoms with Crippen LogP contribution in [0.4, 0.5) is 0 Å². The van der Waals surface area contributed by atoms with Gasteiger partial charge in [0.2, 0.25) is 20.0 Å². The topological polar surface area (TPSA) is 176 Å². The fourth-order valence-electron chi connectivity index (χ4n) is 4.96. The van der Waals surface area contributed by atoms with Crippen LogP contribution in [0.5, 0.6) is 5.75 Å². The van der Waals surface area contributed by atoms with Crippen molar-refractivity contribution in [3.63, 3.8) is 0 Å². The summed E-state index contributed by atoms with van der Waals surface area (Å²) in [4.78, 5) is 11.3. The van der Waals surface area contributed by atoms with E-state index in [9.17, 15) is 21.9 Å². The van der Waals surface area contributed by atoms with Crippen LogP contribution >= 0.6 is 0 Å². The van der Waals surface area contributed by atoms with Gasteiger partial charge in [0.15, 0.2) is 5.65 Å². The summed E-state index contributed by atoms with van der Waals surface area (Å²) in [6, 6.07) is 7.63. The molecule has 2 aromatic heterocycles. The van der Waals surface area contributed by atoms with Crippen LogP contribution in [0.1, 0.15) is 19.3 Å². The Kier molecular flexibility index (Phi) is 7.92. The van der Waals surface area contributed by atoms with Gasteiger partial charge in [0.05, 0.1) is 28.9 Å². The molecule has 4 heterocycles. The Bertz CT molecular complexity index is 1520. The zero-order chi connectivity index (χ0) is 27.7. The largest absolute Gasteiger partial charge is 0.491 e. The molecule has 0 saturated carbocycles. The van der Waals surface area contributed by atoms with Crippen LogP contribution < -0.4 is 14.8 Å². The molecule has 2 fully saturated rings. The summed E-state index contributed by atoms with van der Waals surface area (Å²) in [6.45, 7) is 1.40. The van der Waals surface area contributed by atoms with Crippen molar-refractivity contribution < 1.29 is 31.4 Å². The van der Waals surface area contributed by atoms with E-state index in [2.05, 4.69) is 25.0 Å². The van der Waals surface area contributed by atoms with Gasteiger partial charge in [-0.15, -0.1) is 0 Å². The van der Waals surface area contributed by atoms with E-state index < -0.39 is 31.8 Å². The van der Waals surface area contributed by atoms with Crippen molar-refractivity contribution in [2.24, 2.45) is 0 Å². The summed E-state index contributed by atoms with van der Waals surface area (Å²) >= 11 is 0. The third kappa shape index (κ3) is 6.09. The second-order valence-corrected chi connectivity index (χ2v) is 13.6. The van der Waals surface area contributed by atoms with Gasteiger partial charge in [0, 0.05) is 37.9 Å². The predicted octanol–water partition coefficient (Wildman–Crippen LogP) is 0.208. The molecule has 2 aliphatic heterocycles. The third-order valence-electron chi connectivity index (χ3n) is 7.20. The molecular formula is C24H32N6O7S2. The normalized spacial score (nSPS) is 20.9. The summed E-state index contributed by atoms with van der Waals surface area (Å²) in [5.41, 5.74) is 0.631. The van der Waals surface area contributed by atoms with Gasteiger partial charge >= 0.3 is 0 Å². The van der Waals surface area contributed by atoms with Crippen LogP contribution in [0, 0.1) is 0 Å². The van der Waals surface area contributed by atoms with E-state index in [0.717, 1.165) is 0 Å². The number of pyridine rings is 1. The number of benzene rings is 1. The second kappa shape index (κ2) is 11.1. The molecule has 0 aliphatic carbocycles. The van der Waals surface area contributed by atoms with Gasteiger partial charge in [0.1, 0.15) is 23.4 Å². The third-order valence-corrected chi connectivity index (χ3v) is 10.5. The lowest BCUT2D eigenvalue weighted by Gasteiger charge is -2.38. The lowest BCUT2D eigenvalue weighted by Crippen LogP contribution is -2.47. The number of aliphatic hydroxyl groups excluding tert-OH is 1. The predicted molar refractivity (Wildman–Crippen MR) is 141 cm³/mol. The fourth-order valence-corrected chi connectivity index (χ4v) is 7.14. The zero-order valence-corrected chi connectivity index (χ0v) is 23.0. The Balaban J connectivity index is 1.08. The maximum atomic E-state index is 13.2. The Morgan fingerprint density at radius 2 is 2.00 bits per heavy atom. The molecule has 5 rings (SSSR count). The molecule has 4 N–H and O–H groups in total. The quantitative estimate of drug-likeness (QED) is 0.259. The van der Waals surface area contributed by atoms with Gasteiger partial charge < -0.3 is 24.9 Å². The lowest BCUT2D eigenvalue weighted by molar-refractivity contribution is -0.0312. The van der Waals surface area contributed by atoms with Crippen LogP contribution in [0.15, 0.2) is 52.6 Å². The molecule has 15 heteroatoms. The number of H-pyrrole nitrogens is 1. The Labute approximate surface area is 227 Å². The van der Waals surface area contributed by atoms with Gasteiger partial charge in [-0.25, -0.2) is 31.5 Å². The number of ether oxygens (including phenoxy) is 2.